The average molecular weight is 207 g/mol. The highest BCUT2D eigenvalue weighted by Crippen LogP contribution is 1.94. The van der Waals surface area contributed by atoms with Gasteiger partial charge in [0.25, 0.3) is 0 Å². The molecule has 0 aromatic heterocycles. The zero-order valence-electron chi connectivity index (χ0n) is 7.36. The van der Waals surface area contributed by atoms with Gasteiger partial charge in [0.2, 0.25) is 10.0 Å². The Hall–Kier alpha value is -0.880. The first-order valence-corrected chi connectivity index (χ1v) is 5.35. The summed E-state index contributed by atoms with van der Waals surface area (Å²) in [5.41, 5.74) is 0. The summed E-state index contributed by atoms with van der Waals surface area (Å²) in [5.74, 6) is -1.23. The number of aliphatic carboxylic acids is 1. The fourth-order valence-corrected chi connectivity index (χ4v) is 1.92. The Kier molecular flexibility index (Phi) is 4.64. The highest BCUT2D eigenvalue weighted by molar-refractivity contribution is 7.89. The SMILES string of the molecule is C=CCS(=O)(=O)NC(C)CC(=O)O. The molecule has 0 rings (SSSR count). The highest BCUT2D eigenvalue weighted by Gasteiger charge is 2.14. The van der Waals surface area contributed by atoms with Gasteiger partial charge >= 0.3 is 5.97 Å². The first-order chi connectivity index (χ1) is 5.87. The highest BCUT2D eigenvalue weighted by atomic mass is 32.2. The molecule has 0 aliphatic heterocycles. The Morgan fingerprint density at radius 2 is 2.23 bits per heavy atom. The van der Waals surface area contributed by atoms with Gasteiger partial charge in [-0.1, -0.05) is 6.08 Å². The van der Waals surface area contributed by atoms with Gasteiger partial charge in [-0.15, -0.1) is 6.58 Å². The zero-order valence-corrected chi connectivity index (χ0v) is 8.17. The van der Waals surface area contributed by atoms with Crippen LogP contribution >= 0.6 is 0 Å². The van der Waals surface area contributed by atoms with E-state index < -0.39 is 22.0 Å². The van der Waals surface area contributed by atoms with Gasteiger partial charge in [-0.05, 0) is 6.92 Å². The summed E-state index contributed by atoms with van der Waals surface area (Å²) in [5, 5.41) is 8.36. The van der Waals surface area contributed by atoms with E-state index in [0.717, 1.165) is 0 Å². The van der Waals surface area contributed by atoms with Gasteiger partial charge in [0.05, 0.1) is 12.2 Å². The van der Waals surface area contributed by atoms with Crippen LogP contribution in [0.5, 0.6) is 0 Å². The summed E-state index contributed by atoms with van der Waals surface area (Å²) in [7, 11) is -3.41. The van der Waals surface area contributed by atoms with Crippen LogP contribution < -0.4 is 4.72 Å². The van der Waals surface area contributed by atoms with E-state index in [4.69, 9.17) is 5.11 Å². The Balaban J connectivity index is 4.11. The van der Waals surface area contributed by atoms with Crippen LogP contribution in [0.15, 0.2) is 12.7 Å². The molecular formula is C7H13NO4S. The van der Waals surface area contributed by atoms with Crippen LogP contribution in [0.2, 0.25) is 0 Å². The third kappa shape index (κ3) is 6.30. The molecule has 0 aromatic rings. The van der Waals surface area contributed by atoms with Crippen molar-refractivity contribution >= 4 is 16.0 Å². The van der Waals surface area contributed by atoms with Gasteiger partial charge in [-0.2, -0.15) is 0 Å². The minimum atomic E-state index is -3.41. The van der Waals surface area contributed by atoms with E-state index in [0.29, 0.717) is 0 Å². The number of carbonyl (C=O) groups is 1. The van der Waals surface area contributed by atoms with Gasteiger partial charge in [0.15, 0.2) is 0 Å². The van der Waals surface area contributed by atoms with E-state index in [1.165, 1.54) is 13.0 Å². The van der Waals surface area contributed by atoms with Crippen molar-refractivity contribution in [2.24, 2.45) is 0 Å². The van der Waals surface area contributed by atoms with Crippen LogP contribution in [0.25, 0.3) is 0 Å². The molecule has 0 amide bonds. The quantitative estimate of drug-likeness (QED) is 0.598. The third-order valence-corrected chi connectivity index (χ3v) is 2.63. The van der Waals surface area contributed by atoms with Crippen LogP contribution in [-0.2, 0) is 14.8 Å². The number of hydrogen-bond acceptors (Lipinski definition) is 3. The largest absolute Gasteiger partial charge is 0.481 e. The number of carboxylic acid groups (broad SMARTS) is 1. The lowest BCUT2D eigenvalue weighted by Crippen LogP contribution is -2.35. The molecule has 0 aliphatic carbocycles. The van der Waals surface area contributed by atoms with Crippen molar-refractivity contribution in [1.82, 2.24) is 4.72 Å². The second-order valence-corrected chi connectivity index (χ2v) is 4.49. The normalized spacial score (nSPS) is 13.6. The van der Waals surface area contributed by atoms with E-state index in [1.54, 1.807) is 0 Å². The molecule has 0 heterocycles. The summed E-state index contributed by atoms with van der Waals surface area (Å²) in [6, 6.07) is -0.595. The maximum atomic E-state index is 11.0. The zero-order chi connectivity index (χ0) is 10.5. The van der Waals surface area contributed by atoms with Crippen molar-refractivity contribution in [3.8, 4) is 0 Å². The van der Waals surface area contributed by atoms with Gasteiger partial charge < -0.3 is 5.11 Å². The fourth-order valence-electron chi connectivity index (χ4n) is 0.813. The average Bonchev–Trinajstić information content (AvgIpc) is 1.81. The minimum absolute atomic E-state index is 0.197. The predicted molar refractivity (Wildman–Crippen MR) is 48.8 cm³/mol. The van der Waals surface area contributed by atoms with E-state index in [1.807, 2.05) is 0 Å². The van der Waals surface area contributed by atoms with Crippen LogP contribution in [0, 0.1) is 0 Å². The van der Waals surface area contributed by atoms with E-state index in [9.17, 15) is 13.2 Å². The summed E-state index contributed by atoms with van der Waals surface area (Å²) in [6.07, 6.45) is 1.02. The van der Waals surface area contributed by atoms with Crippen LogP contribution in [-0.4, -0.2) is 31.3 Å². The molecule has 0 aliphatic rings. The molecule has 2 N–H and O–H groups in total. The lowest BCUT2D eigenvalue weighted by Gasteiger charge is -2.10. The van der Waals surface area contributed by atoms with Gasteiger partial charge in [-0.25, -0.2) is 13.1 Å². The Morgan fingerprint density at radius 3 is 2.62 bits per heavy atom. The summed E-state index contributed by atoms with van der Waals surface area (Å²) < 4.78 is 24.3. The molecule has 0 bridgehead atoms. The molecule has 1 unspecified atom stereocenters. The molecule has 0 saturated heterocycles. The third-order valence-electron chi connectivity index (χ3n) is 1.20. The number of hydrogen-bond donors (Lipinski definition) is 2. The monoisotopic (exact) mass is 207 g/mol. The van der Waals surface area contributed by atoms with Crippen molar-refractivity contribution in [3.63, 3.8) is 0 Å². The van der Waals surface area contributed by atoms with Gasteiger partial charge in [0.1, 0.15) is 0 Å². The molecule has 13 heavy (non-hydrogen) atoms. The van der Waals surface area contributed by atoms with Crippen molar-refractivity contribution in [1.29, 1.82) is 0 Å². The van der Waals surface area contributed by atoms with E-state index in [2.05, 4.69) is 11.3 Å². The molecule has 0 fully saturated rings. The lowest BCUT2D eigenvalue weighted by molar-refractivity contribution is -0.137. The molecule has 0 radical (unpaired) electrons. The molecule has 0 aromatic carbocycles. The number of sulfonamides is 1. The number of rotatable bonds is 6. The molecule has 0 saturated carbocycles. The lowest BCUT2D eigenvalue weighted by atomic mass is 10.3. The first-order valence-electron chi connectivity index (χ1n) is 3.70. The predicted octanol–water partition coefficient (Wildman–Crippen LogP) is -0.0450. The topological polar surface area (TPSA) is 83.5 Å². The fraction of sp³-hybridized carbons (Fsp3) is 0.571. The van der Waals surface area contributed by atoms with Gasteiger partial charge in [-0.3, -0.25) is 4.79 Å². The van der Waals surface area contributed by atoms with Crippen molar-refractivity contribution in [2.45, 2.75) is 19.4 Å². The second-order valence-electron chi connectivity index (χ2n) is 2.69. The van der Waals surface area contributed by atoms with Crippen LogP contribution in [0.4, 0.5) is 0 Å². The molecule has 76 valence electrons. The standard InChI is InChI=1S/C7H13NO4S/c1-3-4-13(11,12)8-6(2)5-7(9)10/h3,6,8H,1,4-5H2,2H3,(H,9,10). The minimum Gasteiger partial charge on any atom is -0.481 e. The second kappa shape index (κ2) is 4.98. The Bertz CT molecular complexity index is 283. The maximum Gasteiger partial charge on any atom is 0.304 e. The van der Waals surface area contributed by atoms with E-state index in [-0.39, 0.29) is 12.2 Å². The molecule has 5 nitrogen and oxygen atoms in total. The molecule has 6 heteroatoms. The summed E-state index contributed by atoms with van der Waals surface area (Å²) >= 11 is 0. The van der Waals surface area contributed by atoms with Crippen LogP contribution in [0.3, 0.4) is 0 Å². The smallest absolute Gasteiger partial charge is 0.304 e. The summed E-state index contributed by atoms with van der Waals surface area (Å²) in [4.78, 5) is 10.2. The van der Waals surface area contributed by atoms with Crippen molar-refractivity contribution < 1.29 is 18.3 Å². The summed E-state index contributed by atoms with van der Waals surface area (Å²) in [6.45, 7) is 4.77. The van der Waals surface area contributed by atoms with Crippen molar-refractivity contribution in [3.05, 3.63) is 12.7 Å². The molecule has 1 atom stereocenters. The van der Waals surface area contributed by atoms with Crippen molar-refractivity contribution in [2.75, 3.05) is 5.75 Å². The Morgan fingerprint density at radius 1 is 1.69 bits per heavy atom. The Labute approximate surface area is 77.5 Å². The van der Waals surface area contributed by atoms with Gasteiger partial charge in [0, 0.05) is 6.04 Å². The first kappa shape index (κ1) is 12.1. The molecule has 0 spiro atoms. The molecular weight excluding hydrogens is 194 g/mol. The number of carboxylic acids is 1. The number of nitrogens with one attached hydrogen (secondary N) is 1. The van der Waals surface area contributed by atoms with E-state index >= 15 is 0 Å². The maximum absolute atomic E-state index is 11.0. The van der Waals surface area contributed by atoms with Crippen LogP contribution in [0.1, 0.15) is 13.3 Å².